The number of rotatable bonds is 8. The first-order valence-electron chi connectivity index (χ1n) is 15.1. The zero-order chi connectivity index (χ0) is 29.9. The highest BCUT2D eigenvalue weighted by atomic mass is 28.4. The first-order chi connectivity index (χ1) is 19.9. The molecule has 228 valence electrons. The number of hydrogen-bond acceptors (Lipinski definition) is 7. The summed E-state index contributed by atoms with van der Waals surface area (Å²) < 4.78 is 44.2. The van der Waals surface area contributed by atoms with Gasteiger partial charge in [-0.2, -0.15) is 0 Å². The Hall–Kier alpha value is -2.53. The minimum Gasteiger partial charge on any atom is -0.488 e. The summed E-state index contributed by atoms with van der Waals surface area (Å²) in [6.07, 6.45) is 2.69. The van der Waals surface area contributed by atoms with Crippen molar-refractivity contribution in [3.8, 4) is 11.6 Å². The standard InChI is InChI=1S/C32H43FN2O6Si/c1-31(2,3)42(5,6)41-22-15-23-24(16-22)25(23)18-38-27-11-10-26(34-29(27)37-4)30(36)35-13-12-32(28(17-35)39-19-40-32)20-8-7-9-21(33)14-20/h7-11,14,22-25,28H,12-13,15-19H2,1-6H3/t22?,23?,24?,25?,28-,32-/m1/s1. The summed E-state index contributed by atoms with van der Waals surface area (Å²) in [5.74, 6) is 2.14. The van der Waals surface area contributed by atoms with Crippen LogP contribution in [0.3, 0.4) is 0 Å². The molecule has 4 fully saturated rings. The number of pyridine rings is 1. The largest absolute Gasteiger partial charge is 0.488 e. The fraction of sp³-hybridized carbons (Fsp3) is 0.625. The van der Waals surface area contributed by atoms with Crippen molar-refractivity contribution in [2.45, 2.75) is 76.0 Å². The van der Waals surface area contributed by atoms with Gasteiger partial charge >= 0.3 is 0 Å². The number of amides is 1. The Balaban J connectivity index is 1.04. The number of hydrogen-bond donors (Lipinski definition) is 0. The van der Waals surface area contributed by atoms with Crippen LogP contribution in [0.25, 0.3) is 0 Å². The Kier molecular flexibility index (Phi) is 7.65. The van der Waals surface area contributed by atoms with E-state index in [4.69, 9.17) is 23.4 Å². The van der Waals surface area contributed by atoms with Gasteiger partial charge in [0.25, 0.3) is 11.8 Å². The van der Waals surface area contributed by atoms with Crippen molar-refractivity contribution >= 4 is 14.2 Å². The van der Waals surface area contributed by atoms with Crippen LogP contribution in [0.15, 0.2) is 36.4 Å². The van der Waals surface area contributed by atoms with Crippen molar-refractivity contribution in [3.05, 3.63) is 53.5 Å². The number of ether oxygens (including phenoxy) is 4. The number of carbonyl (C=O) groups excluding carboxylic acids is 1. The van der Waals surface area contributed by atoms with E-state index in [1.807, 2.05) is 6.07 Å². The lowest BCUT2D eigenvalue weighted by atomic mass is 9.82. The molecule has 2 unspecified atom stereocenters. The molecule has 8 nitrogen and oxygen atoms in total. The van der Waals surface area contributed by atoms with E-state index in [0.717, 1.165) is 18.4 Å². The molecule has 0 radical (unpaired) electrons. The molecule has 0 N–H and O–H groups in total. The maximum Gasteiger partial charge on any atom is 0.272 e. The summed E-state index contributed by atoms with van der Waals surface area (Å²) in [6, 6.07) is 9.89. The van der Waals surface area contributed by atoms with Crippen LogP contribution in [0.2, 0.25) is 18.1 Å². The number of methoxy groups -OCH3 is 1. The predicted octanol–water partition coefficient (Wildman–Crippen LogP) is 5.77. The van der Waals surface area contributed by atoms with E-state index in [1.54, 1.807) is 23.1 Å². The number of aromatic nitrogens is 1. The van der Waals surface area contributed by atoms with Crippen LogP contribution in [0, 0.1) is 23.6 Å². The number of likely N-dealkylation sites (tertiary alicyclic amines) is 1. The van der Waals surface area contributed by atoms with Gasteiger partial charge in [-0.3, -0.25) is 4.79 Å². The molecule has 2 saturated carbocycles. The second kappa shape index (κ2) is 10.9. The van der Waals surface area contributed by atoms with Gasteiger partial charge in [-0.25, -0.2) is 9.37 Å². The molecular formula is C32H43FN2O6Si. The van der Waals surface area contributed by atoms with E-state index < -0.39 is 20.0 Å². The predicted molar refractivity (Wildman–Crippen MR) is 157 cm³/mol. The van der Waals surface area contributed by atoms with E-state index >= 15 is 0 Å². The van der Waals surface area contributed by atoms with Crippen LogP contribution in [0.1, 0.15) is 56.1 Å². The van der Waals surface area contributed by atoms with Crippen LogP contribution in [0.4, 0.5) is 4.39 Å². The van der Waals surface area contributed by atoms with Gasteiger partial charge < -0.3 is 28.3 Å². The van der Waals surface area contributed by atoms with E-state index in [9.17, 15) is 9.18 Å². The van der Waals surface area contributed by atoms with Gasteiger partial charge in [-0.1, -0.05) is 32.9 Å². The Bertz CT molecular complexity index is 1320. The van der Waals surface area contributed by atoms with E-state index in [2.05, 4.69) is 38.8 Å². The Morgan fingerprint density at radius 3 is 2.64 bits per heavy atom. The molecule has 0 spiro atoms. The third-order valence-electron chi connectivity index (χ3n) is 10.4. The van der Waals surface area contributed by atoms with Crippen molar-refractivity contribution in [3.63, 3.8) is 0 Å². The summed E-state index contributed by atoms with van der Waals surface area (Å²) in [6.45, 7) is 13.0. The van der Waals surface area contributed by atoms with Crippen molar-refractivity contribution in [1.29, 1.82) is 0 Å². The zero-order valence-electron chi connectivity index (χ0n) is 25.5. The molecule has 4 atom stereocenters. The van der Waals surface area contributed by atoms with Crippen LogP contribution in [0.5, 0.6) is 11.6 Å². The second-order valence-corrected chi connectivity index (χ2v) is 18.6. The minimum absolute atomic E-state index is 0.105. The lowest BCUT2D eigenvalue weighted by Crippen LogP contribution is -2.53. The molecule has 2 aliphatic carbocycles. The fourth-order valence-electron chi connectivity index (χ4n) is 6.84. The smallest absolute Gasteiger partial charge is 0.272 e. The molecule has 3 heterocycles. The molecule has 1 aromatic carbocycles. The number of benzene rings is 1. The first kappa shape index (κ1) is 29.5. The summed E-state index contributed by atoms with van der Waals surface area (Å²) in [5, 5.41) is 0.222. The summed E-state index contributed by atoms with van der Waals surface area (Å²) >= 11 is 0. The molecule has 2 aromatic rings. The maximum absolute atomic E-state index is 14.0. The lowest BCUT2D eigenvalue weighted by molar-refractivity contribution is -0.0441. The maximum atomic E-state index is 14.0. The highest BCUT2D eigenvalue weighted by Gasteiger charge is 2.58. The molecule has 2 aliphatic heterocycles. The van der Waals surface area contributed by atoms with Crippen LogP contribution < -0.4 is 9.47 Å². The summed E-state index contributed by atoms with van der Waals surface area (Å²) in [4.78, 5) is 19.7. The Morgan fingerprint density at radius 1 is 1.19 bits per heavy atom. The van der Waals surface area contributed by atoms with Crippen molar-refractivity contribution < 1.29 is 32.6 Å². The monoisotopic (exact) mass is 598 g/mol. The van der Waals surface area contributed by atoms with Gasteiger partial charge in [-0.05, 0) is 78.6 Å². The van der Waals surface area contributed by atoms with E-state index in [1.165, 1.54) is 19.2 Å². The number of piperidine rings is 1. The minimum atomic E-state index is -1.75. The number of halogens is 1. The van der Waals surface area contributed by atoms with Gasteiger partial charge in [0.2, 0.25) is 0 Å². The van der Waals surface area contributed by atoms with Crippen molar-refractivity contribution in [1.82, 2.24) is 9.88 Å². The molecule has 1 aromatic heterocycles. The van der Waals surface area contributed by atoms with Gasteiger partial charge in [-0.15, -0.1) is 0 Å². The zero-order valence-corrected chi connectivity index (χ0v) is 26.5. The topological polar surface area (TPSA) is 79.4 Å². The highest BCUT2D eigenvalue weighted by Crippen LogP contribution is 2.59. The average Bonchev–Trinajstić information content (AvgIpc) is 3.26. The Morgan fingerprint density at radius 2 is 1.95 bits per heavy atom. The van der Waals surface area contributed by atoms with Crippen LogP contribution in [-0.4, -0.2) is 69.9 Å². The van der Waals surface area contributed by atoms with Crippen LogP contribution in [-0.2, 0) is 19.5 Å². The summed E-state index contributed by atoms with van der Waals surface area (Å²) in [7, 11) is -0.216. The van der Waals surface area contributed by atoms with Gasteiger partial charge in [0, 0.05) is 19.1 Å². The molecule has 42 heavy (non-hydrogen) atoms. The number of nitrogens with zero attached hydrogens (tertiary/aromatic N) is 2. The van der Waals surface area contributed by atoms with Gasteiger partial charge in [0.15, 0.2) is 14.1 Å². The lowest BCUT2D eigenvalue weighted by Gasteiger charge is -2.41. The average molecular weight is 599 g/mol. The number of fused-ring (bicyclic) bond motifs is 2. The van der Waals surface area contributed by atoms with E-state index in [-0.39, 0.29) is 29.2 Å². The fourth-order valence-corrected chi connectivity index (χ4v) is 8.22. The molecular weight excluding hydrogens is 555 g/mol. The van der Waals surface area contributed by atoms with E-state index in [0.29, 0.717) is 61.6 Å². The van der Waals surface area contributed by atoms with Gasteiger partial charge in [0.1, 0.15) is 30.0 Å². The molecule has 2 saturated heterocycles. The normalized spacial score (nSPS) is 30.5. The molecule has 4 aliphatic rings. The number of carbonyl (C=O) groups is 1. The SMILES string of the molecule is COc1nc(C(=O)N2CC[C@]3(c4cccc(F)c4)OCO[C@@H]3C2)ccc1OCC1C2CC(O[Si](C)(C)C(C)(C)C)CC12. The van der Waals surface area contributed by atoms with Crippen molar-refractivity contribution in [2.75, 3.05) is 33.6 Å². The van der Waals surface area contributed by atoms with Gasteiger partial charge in [0.05, 0.1) is 20.3 Å². The molecule has 10 heteroatoms. The Labute approximate surface area is 249 Å². The molecule has 6 rings (SSSR count). The molecule has 1 amide bonds. The first-order valence-corrected chi connectivity index (χ1v) is 18.0. The van der Waals surface area contributed by atoms with Crippen molar-refractivity contribution in [2.24, 2.45) is 17.8 Å². The third-order valence-corrected chi connectivity index (χ3v) is 14.9. The third kappa shape index (κ3) is 5.35. The summed E-state index contributed by atoms with van der Waals surface area (Å²) in [5.41, 5.74) is 0.252. The second-order valence-electron chi connectivity index (χ2n) is 13.8. The highest BCUT2D eigenvalue weighted by molar-refractivity contribution is 6.74. The van der Waals surface area contributed by atoms with Crippen LogP contribution >= 0.6 is 0 Å². The quantitative estimate of drug-likeness (QED) is 0.357. The molecule has 0 bridgehead atoms.